The molecule has 0 aromatic heterocycles. The van der Waals surface area contributed by atoms with Gasteiger partial charge >= 0.3 is 0 Å². The fraction of sp³-hybridized carbons (Fsp3) is 0.600. The Bertz CT molecular complexity index is 458. The smallest absolute Gasteiger partial charge is 0.272 e. The number of aliphatic hydroxyl groups excluding tert-OH is 1. The summed E-state index contributed by atoms with van der Waals surface area (Å²) in [6.45, 7) is 7.73. The quantitative estimate of drug-likeness (QED) is 0.567. The SMILES string of the molecule is Cc1c(CNCC(C)(C)CCCO)cccc1[N+](=O)[O-]. The Morgan fingerprint density at radius 1 is 1.40 bits per heavy atom. The molecule has 0 aliphatic carbocycles. The second-order valence-corrected chi connectivity index (χ2v) is 5.91. The first kappa shape index (κ1) is 16.6. The van der Waals surface area contributed by atoms with Crippen LogP contribution in [-0.2, 0) is 6.54 Å². The van der Waals surface area contributed by atoms with Crippen LogP contribution in [0.3, 0.4) is 0 Å². The van der Waals surface area contributed by atoms with Gasteiger partial charge in [-0.3, -0.25) is 10.1 Å². The molecule has 1 aromatic carbocycles. The number of rotatable bonds is 8. The van der Waals surface area contributed by atoms with Crippen molar-refractivity contribution in [1.29, 1.82) is 0 Å². The zero-order valence-electron chi connectivity index (χ0n) is 12.5. The van der Waals surface area contributed by atoms with Gasteiger partial charge in [-0.05, 0) is 30.7 Å². The van der Waals surface area contributed by atoms with Gasteiger partial charge in [0.2, 0.25) is 0 Å². The summed E-state index contributed by atoms with van der Waals surface area (Å²) in [6, 6.07) is 5.17. The van der Waals surface area contributed by atoms with Gasteiger partial charge in [-0.1, -0.05) is 26.0 Å². The maximum absolute atomic E-state index is 10.9. The monoisotopic (exact) mass is 280 g/mol. The zero-order valence-corrected chi connectivity index (χ0v) is 12.5. The van der Waals surface area contributed by atoms with Crippen LogP contribution in [-0.4, -0.2) is 23.2 Å². The van der Waals surface area contributed by atoms with Crippen molar-refractivity contribution in [2.24, 2.45) is 5.41 Å². The molecule has 5 heteroatoms. The van der Waals surface area contributed by atoms with E-state index in [1.165, 1.54) is 6.07 Å². The van der Waals surface area contributed by atoms with Crippen LogP contribution < -0.4 is 5.32 Å². The van der Waals surface area contributed by atoms with E-state index in [2.05, 4.69) is 19.2 Å². The first-order valence-corrected chi connectivity index (χ1v) is 6.92. The molecule has 0 heterocycles. The summed E-state index contributed by atoms with van der Waals surface area (Å²) in [6.07, 6.45) is 1.74. The first-order chi connectivity index (χ1) is 9.37. The molecule has 5 nitrogen and oxygen atoms in total. The molecule has 20 heavy (non-hydrogen) atoms. The lowest BCUT2D eigenvalue weighted by Crippen LogP contribution is -2.29. The number of nitro groups is 1. The highest BCUT2D eigenvalue weighted by atomic mass is 16.6. The Kier molecular flexibility index (Phi) is 6.10. The topological polar surface area (TPSA) is 75.4 Å². The molecule has 0 amide bonds. The van der Waals surface area contributed by atoms with Crippen molar-refractivity contribution in [2.75, 3.05) is 13.2 Å². The van der Waals surface area contributed by atoms with Crippen molar-refractivity contribution < 1.29 is 10.0 Å². The number of nitrogens with zero attached hydrogens (tertiary/aromatic N) is 1. The van der Waals surface area contributed by atoms with Gasteiger partial charge in [-0.25, -0.2) is 0 Å². The maximum atomic E-state index is 10.9. The molecule has 0 unspecified atom stereocenters. The molecule has 0 fully saturated rings. The average Bonchev–Trinajstić information content (AvgIpc) is 2.38. The van der Waals surface area contributed by atoms with E-state index < -0.39 is 0 Å². The van der Waals surface area contributed by atoms with E-state index in [9.17, 15) is 10.1 Å². The molecule has 2 N–H and O–H groups in total. The van der Waals surface area contributed by atoms with E-state index in [1.54, 1.807) is 13.0 Å². The first-order valence-electron chi connectivity index (χ1n) is 6.92. The van der Waals surface area contributed by atoms with Crippen LogP contribution >= 0.6 is 0 Å². The van der Waals surface area contributed by atoms with Gasteiger partial charge in [0, 0.05) is 31.3 Å². The lowest BCUT2D eigenvalue weighted by Gasteiger charge is -2.25. The number of nitrogens with one attached hydrogen (secondary N) is 1. The number of aliphatic hydroxyl groups is 1. The Hall–Kier alpha value is -1.46. The van der Waals surface area contributed by atoms with Crippen LogP contribution in [0.1, 0.15) is 37.8 Å². The molecule has 0 radical (unpaired) electrons. The van der Waals surface area contributed by atoms with Crippen molar-refractivity contribution in [3.8, 4) is 0 Å². The minimum atomic E-state index is -0.343. The lowest BCUT2D eigenvalue weighted by molar-refractivity contribution is -0.385. The van der Waals surface area contributed by atoms with E-state index in [1.807, 2.05) is 6.07 Å². The van der Waals surface area contributed by atoms with Gasteiger partial charge in [-0.2, -0.15) is 0 Å². The third kappa shape index (κ3) is 4.90. The van der Waals surface area contributed by atoms with Crippen LogP contribution in [0.4, 0.5) is 5.69 Å². The summed E-state index contributed by atoms with van der Waals surface area (Å²) in [5, 5.41) is 23.1. The molecule has 0 saturated carbocycles. The highest BCUT2D eigenvalue weighted by Gasteiger charge is 2.17. The highest BCUT2D eigenvalue weighted by Crippen LogP contribution is 2.23. The fourth-order valence-corrected chi connectivity index (χ4v) is 2.24. The largest absolute Gasteiger partial charge is 0.396 e. The van der Waals surface area contributed by atoms with E-state index in [4.69, 9.17) is 5.11 Å². The maximum Gasteiger partial charge on any atom is 0.272 e. The van der Waals surface area contributed by atoms with Gasteiger partial charge in [0.15, 0.2) is 0 Å². The Balaban J connectivity index is 2.58. The fourth-order valence-electron chi connectivity index (χ4n) is 2.24. The third-order valence-electron chi connectivity index (χ3n) is 3.54. The number of nitro benzene ring substituents is 1. The predicted molar refractivity (Wildman–Crippen MR) is 79.6 cm³/mol. The van der Waals surface area contributed by atoms with Crippen molar-refractivity contribution >= 4 is 5.69 Å². The Morgan fingerprint density at radius 3 is 2.70 bits per heavy atom. The van der Waals surface area contributed by atoms with Gasteiger partial charge in [-0.15, -0.1) is 0 Å². The molecule has 0 aliphatic heterocycles. The van der Waals surface area contributed by atoms with Gasteiger partial charge in [0.25, 0.3) is 5.69 Å². The average molecular weight is 280 g/mol. The summed E-state index contributed by atoms with van der Waals surface area (Å²) < 4.78 is 0. The van der Waals surface area contributed by atoms with Crippen LogP contribution in [0.5, 0.6) is 0 Å². The van der Waals surface area contributed by atoms with Crippen molar-refractivity contribution in [3.63, 3.8) is 0 Å². The summed E-state index contributed by atoms with van der Waals surface area (Å²) in [5.74, 6) is 0. The number of hydrogen-bond acceptors (Lipinski definition) is 4. The van der Waals surface area contributed by atoms with Crippen LogP contribution in [0, 0.1) is 22.5 Å². The number of hydrogen-bond donors (Lipinski definition) is 2. The van der Waals surface area contributed by atoms with Crippen molar-refractivity contribution in [2.45, 2.75) is 40.2 Å². The Labute approximate surface area is 120 Å². The third-order valence-corrected chi connectivity index (χ3v) is 3.54. The van der Waals surface area contributed by atoms with E-state index in [-0.39, 0.29) is 22.6 Å². The van der Waals surface area contributed by atoms with Crippen molar-refractivity contribution in [3.05, 3.63) is 39.4 Å². The molecule has 0 spiro atoms. The van der Waals surface area contributed by atoms with Crippen LogP contribution in [0.25, 0.3) is 0 Å². The van der Waals surface area contributed by atoms with Gasteiger partial charge < -0.3 is 10.4 Å². The second-order valence-electron chi connectivity index (χ2n) is 5.91. The predicted octanol–water partition coefficient (Wildman–Crippen LogP) is 2.79. The highest BCUT2D eigenvalue weighted by molar-refractivity contribution is 5.44. The lowest BCUT2D eigenvalue weighted by atomic mass is 9.88. The number of benzene rings is 1. The Morgan fingerprint density at radius 2 is 2.10 bits per heavy atom. The zero-order chi connectivity index (χ0) is 15.2. The molecular formula is C15H24N2O3. The molecule has 1 aromatic rings. The van der Waals surface area contributed by atoms with Gasteiger partial charge in [0.1, 0.15) is 0 Å². The molecule has 112 valence electrons. The summed E-state index contributed by atoms with van der Waals surface area (Å²) in [4.78, 5) is 10.5. The second kappa shape index (κ2) is 7.36. The molecule has 0 saturated heterocycles. The van der Waals surface area contributed by atoms with E-state index in [0.717, 1.165) is 30.5 Å². The van der Waals surface area contributed by atoms with Crippen LogP contribution in [0.2, 0.25) is 0 Å². The molecule has 1 rings (SSSR count). The normalized spacial score (nSPS) is 11.6. The standard InChI is InChI=1S/C15H24N2O3/c1-12-13(6-4-7-14(12)17(19)20)10-16-11-15(2,3)8-5-9-18/h4,6-7,16,18H,5,8-11H2,1-3H3. The van der Waals surface area contributed by atoms with Crippen molar-refractivity contribution in [1.82, 2.24) is 5.32 Å². The minimum absolute atomic E-state index is 0.108. The van der Waals surface area contributed by atoms with E-state index >= 15 is 0 Å². The molecule has 0 bridgehead atoms. The molecule has 0 aliphatic rings. The molecular weight excluding hydrogens is 256 g/mol. The minimum Gasteiger partial charge on any atom is -0.396 e. The van der Waals surface area contributed by atoms with E-state index in [0.29, 0.717) is 6.54 Å². The summed E-state index contributed by atoms with van der Waals surface area (Å²) in [5.41, 5.74) is 1.95. The van der Waals surface area contributed by atoms with Gasteiger partial charge in [0.05, 0.1) is 4.92 Å². The molecule has 0 atom stereocenters. The van der Waals surface area contributed by atoms with Crippen LogP contribution in [0.15, 0.2) is 18.2 Å². The summed E-state index contributed by atoms with van der Waals surface area (Å²) in [7, 11) is 0. The summed E-state index contributed by atoms with van der Waals surface area (Å²) >= 11 is 0.